The fraction of sp³-hybridized carbons (Fsp3) is 0.588. The predicted molar refractivity (Wildman–Crippen MR) is 86.1 cm³/mol. The van der Waals surface area contributed by atoms with Crippen LogP contribution in [0.3, 0.4) is 0 Å². The molecule has 0 aromatic heterocycles. The van der Waals surface area contributed by atoms with Crippen molar-refractivity contribution in [1.82, 2.24) is 4.90 Å². The molecule has 1 rings (SSSR count). The summed E-state index contributed by atoms with van der Waals surface area (Å²) >= 11 is 0. The lowest BCUT2D eigenvalue weighted by Gasteiger charge is -2.26. The monoisotopic (exact) mass is 276 g/mol. The van der Waals surface area contributed by atoms with Gasteiger partial charge in [0, 0.05) is 18.8 Å². The van der Waals surface area contributed by atoms with Crippen LogP contribution >= 0.6 is 0 Å². The molecule has 0 unspecified atom stereocenters. The summed E-state index contributed by atoms with van der Waals surface area (Å²) in [4.78, 5) is 14.3. The van der Waals surface area contributed by atoms with E-state index in [1.807, 2.05) is 17.0 Å². The molecule has 0 heterocycles. The molecular weight excluding hydrogens is 248 g/mol. The van der Waals surface area contributed by atoms with Crippen LogP contribution in [0, 0.1) is 11.8 Å². The highest BCUT2D eigenvalue weighted by atomic mass is 16.2. The van der Waals surface area contributed by atoms with Crippen LogP contribution in [0.2, 0.25) is 0 Å². The number of nitrogens with one attached hydrogen (secondary N) is 1. The molecule has 0 aliphatic carbocycles. The molecule has 0 aliphatic rings. The van der Waals surface area contributed by atoms with Crippen molar-refractivity contribution < 1.29 is 4.79 Å². The summed E-state index contributed by atoms with van der Waals surface area (Å²) in [6, 6.07) is 8.06. The van der Waals surface area contributed by atoms with Gasteiger partial charge < -0.3 is 10.2 Å². The highest BCUT2D eigenvalue weighted by Gasteiger charge is 2.16. The quantitative estimate of drug-likeness (QED) is 0.821. The maximum Gasteiger partial charge on any atom is 0.321 e. The minimum absolute atomic E-state index is 0.00310. The van der Waals surface area contributed by atoms with Crippen LogP contribution < -0.4 is 5.32 Å². The number of aryl methyl sites for hydroxylation is 1. The Kier molecular flexibility index (Phi) is 6.56. The van der Waals surface area contributed by atoms with Crippen molar-refractivity contribution in [2.24, 2.45) is 11.8 Å². The molecule has 0 aliphatic heterocycles. The topological polar surface area (TPSA) is 32.3 Å². The summed E-state index contributed by atoms with van der Waals surface area (Å²) in [5, 5.41) is 2.99. The lowest BCUT2D eigenvalue weighted by atomic mass is 10.1. The third-order valence-electron chi connectivity index (χ3n) is 3.07. The van der Waals surface area contributed by atoms with E-state index >= 15 is 0 Å². The zero-order chi connectivity index (χ0) is 15.1. The first-order valence-corrected chi connectivity index (χ1v) is 7.57. The highest BCUT2D eigenvalue weighted by molar-refractivity contribution is 5.89. The molecule has 1 aromatic carbocycles. The summed E-state index contributed by atoms with van der Waals surface area (Å²) in [6.45, 7) is 12.2. The van der Waals surface area contributed by atoms with Gasteiger partial charge in [0.1, 0.15) is 0 Å². The van der Waals surface area contributed by atoms with E-state index in [1.165, 1.54) is 5.56 Å². The van der Waals surface area contributed by atoms with E-state index < -0.39 is 0 Å². The second-order valence-corrected chi connectivity index (χ2v) is 6.17. The average Bonchev–Trinajstić information content (AvgIpc) is 2.37. The zero-order valence-electron chi connectivity index (χ0n) is 13.4. The Labute approximate surface area is 123 Å². The minimum Gasteiger partial charge on any atom is -0.324 e. The van der Waals surface area contributed by atoms with Crippen LogP contribution in [-0.4, -0.2) is 24.0 Å². The number of amides is 2. The average molecular weight is 276 g/mol. The first kappa shape index (κ1) is 16.5. The summed E-state index contributed by atoms with van der Waals surface area (Å²) < 4.78 is 0. The maximum atomic E-state index is 12.4. The van der Waals surface area contributed by atoms with Crippen LogP contribution in [0.5, 0.6) is 0 Å². The molecule has 0 fully saturated rings. The molecule has 3 nitrogen and oxygen atoms in total. The number of hydrogen-bond donors (Lipinski definition) is 1. The van der Waals surface area contributed by atoms with E-state index in [9.17, 15) is 4.79 Å². The summed E-state index contributed by atoms with van der Waals surface area (Å²) in [5.74, 6) is 0.948. The minimum atomic E-state index is -0.00310. The SMILES string of the molecule is CCc1ccc(NC(=O)N(CC(C)C)CC(C)C)cc1. The van der Waals surface area contributed by atoms with E-state index in [0.29, 0.717) is 11.8 Å². The highest BCUT2D eigenvalue weighted by Crippen LogP contribution is 2.12. The number of hydrogen-bond acceptors (Lipinski definition) is 1. The Morgan fingerprint density at radius 3 is 1.95 bits per heavy atom. The van der Waals surface area contributed by atoms with Gasteiger partial charge in [-0.2, -0.15) is 0 Å². The molecule has 112 valence electrons. The number of nitrogens with zero attached hydrogens (tertiary/aromatic N) is 1. The molecule has 3 heteroatoms. The van der Waals surface area contributed by atoms with Gasteiger partial charge in [-0.15, -0.1) is 0 Å². The molecule has 20 heavy (non-hydrogen) atoms. The third kappa shape index (κ3) is 5.64. The lowest BCUT2D eigenvalue weighted by molar-refractivity contribution is 0.196. The van der Waals surface area contributed by atoms with Gasteiger partial charge in [-0.25, -0.2) is 4.79 Å². The van der Waals surface area contributed by atoms with E-state index in [4.69, 9.17) is 0 Å². The summed E-state index contributed by atoms with van der Waals surface area (Å²) in [6.07, 6.45) is 1.01. The van der Waals surface area contributed by atoms with Crippen molar-refractivity contribution in [3.8, 4) is 0 Å². The molecular formula is C17H28N2O. The normalized spacial score (nSPS) is 10.9. The number of rotatable bonds is 6. The Morgan fingerprint density at radius 1 is 1.05 bits per heavy atom. The second kappa shape index (κ2) is 7.93. The number of benzene rings is 1. The van der Waals surface area contributed by atoms with Crippen LogP contribution in [-0.2, 0) is 6.42 Å². The largest absolute Gasteiger partial charge is 0.324 e. The van der Waals surface area contributed by atoms with Crippen LogP contribution in [0.4, 0.5) is 10.5 Å². The number of carbonyl (C=O) groups excluding carboxylic acids is 1. The molecule has 0 saturated heterocycles. The van der Waals surface area contributed by atoms with Gasteiger partial charge in [-0.05, 0) is 36.0 Å². The molecule has 0 spiro atoms. The third-order valence-corrected chi connectivity index (χ3v) is 3.07. The van der Waals surface area contributed by atoms with Crippen LogP contribution in [0.25, 0.3) is 0 Å². The summed E-state index contributed by atoms with van der Waals surface area (Å²) in [7, 11) is 0. The van der Waals surface area contributed by atoms with Crippen molar-refractivity contribution in [2.45, 2.75) is 41.0 Å². The van der Waals surface area contributed by atoms with E-state index in [-0.39, 0.29) is 6.03 Å². The number of urea groups is 1. The number of anilines is 1. The lowest BCUT2D eigenvalue weighted by Crippen LogP contribution is -2.39. The predicted octanol–water partition coefficient (Wildman–Crippen LogP) is 4.39. The van der Waals surface area contributed by atoms with Gasteiger partial charge in [0.2, 0.25) is 0 Å². The second-order valence-electron chi connectivity index (χ2n) is 6.17. The van der Waals surface area contributed by atoms with E-state index in [0.717, 1.165) is 25.2 Å². The maximum absolute atomic E-state index is 12.4. The number of carbonyl (C=O) groups is 1. The smallest absolute Gasteiger partial charge is 0.321 e. The van der Waals surface area contributed by atoms with E-state index in [1.54, 1.807) is 0 Å². The van der Waals surface area contributed by atoms with Gasteiger partial charge in [0.05, 0.1) is 0 Å². The van der Waals surface area contributed by atoms with Gasteiger partial charge in [-0.1, -0.05) is 46.8 Å². The van der Waals surface area contributed by atoms with Crippen LogP contribution in [0.1, 0.15) is 40.2 Å². The van der Waals surface area contributed by atoms with Crippen molar-refractivity contribution in [3.63, 3.8) is 0 Å². The van der Waals surface area contributed by atoms with Crippen molar-refractivity contribution in [2.75, 3.05) is 18.4 Å². The molecule has 2 amide bonds. The first-order valence-electron chi connectivity index (χ1n) is 7.57. The standard InChI is InChI=1S/C17H28N2O/c1-6-15-7-9-16(10-8-15)18-17(20)19(11-13(2)3)12-14(4)5/h7-10,13-14H,6,11-12H2,1-5H3,(H,18,20). The molecule has 1 N–H and O–H groups in total. The molecule has 0 bridgehead atoms. The molecule has 1 aromatic rings. The fourth-order valence-electron chi connectivity index (χ4n) is 2.15. The van der Waals surface area contributed by atoms with Gasteiger partial charge in [-0.3, -0.25) is 0 Å². The fourth-order valence-corrected chi connectivity index (χ4v) is 2.15. The zero-order valence-corrected chi connectivity index (χ0v) is 13.4. The Morgan fingerprint density at radius 2 is 1.55 bits per heavy atom. The van der Waals surface area contributed by atoms with Gasteiger partial charge in [0.15, 0.2) is 0 Å². The first-order chi connectivity index (χ1) is 9.42. The van der Waals surface area contributed by atoms with Crippen molar-refractivity contribution >= 4 is 11.7 Å². The van der Waals surface area contributed by atoms with E-state index in [2.05, 4.69) is 52.1 Å². The molecule has 0 atom stereocenters. The summed E-state index contributed by atoms with van der Waals surface area (Å²) in [5.41, 5.74) is 2.15. The molecule has 0 radical (unpaired) electrons. The van der Waals surface area contributed by atoms with Gasteiger partial charge >= 0.3 is 6.03 Å². The van der Waals surface area contributed by atoms with Gasteiger partial charge in [0.25, 0.3) is 0 Å². The Hall–Kier alpha value is -1.51. The Bertz CT molecular complexity index is 400. The molecule has 0 saturated carbocycles. The Balaban J connectivity index is 2.68. The van der Waals surface area contributed by atoms with Crippen LogP contribution in [0.15, 0.2) is 24.3 Å². The van der Waals surface area contributed by atoms with Crippen molar-refractivity contribution in [3.05, 3.63) is 29.8 Å². The van der Waals surface area contributed by atoms with Crippen molar-refractivity contribution in [1.29, 1.82) is 0 Å².